The Kier molecular flexibility index (Phi) is 3.93. The highest BCUT2D eigenvalue weighted by atomic mass is 32.2. The molecule has 0 atom stereocenters. The van der Waals surface area contributed by atoms with Crippen LogP contribution >= 0.6 is 11.8 Å². The van der Waals surface area contributed by atoms with Gasteiger partial charge in [0, 0.05) is 5.16 Å². The minimum Gasteiger partial charge on any atom is -0.358 e. The van der Waals surface area contributed by atoms with Crippen molar-refractivity contribution in [1.29, 1.82) is 0 Å². The number of nitrogens with one attached hydrogen (secondary N) is 2. The molecule has 0 bridgehead atoms. The third-order valence-electron chi connectivity index (χ3n) is 2.86. The molecule has 0 fully saturated rings. The molecule has 2 N–H and O–H groups in total. The quantitative estimate of drug-likeness (QED) is 0.409. The lowest BCUT2D eigenvalue weighted by molar-refractivity contribution is -0.390. The zero-order valence-electron chi connectivity index (χ0n) is 11.8. The molecule has 2 heterocycles. The first-order valence-corrected chi connectivity index (χ1v) is 7.37. The number of benzene rings is 1. The van der Waals surface area contributed by atoms with Crippen molar-refractivity contribution in [3.8, 4) is 0 Å². The second-order valence-corrected chi connectivity index (χ2v) is 5.56. The van der Waals surface area contributed by atoms with Crippen LogP contribution in [-0.4, -0.2) is 36.9 Å². The van der Waals surface area contributed by atoms with E-state index in [0.717, 1.165) is 16.6 Å². The van der Waals surface area contributed by atoms with Crippen molar-refractivity contribution in [3.63, 3.8) is 0 Å². The number of imidazole rings is 1. The molecule has 10 nitrogen and oxygen atoms in total. The third kappa shape index (κ3) is 3.29. The summed E-state index contributed by atoms with van der Waals surface area (Å²) in [5.41, 5.74) is 2.78. The van der Waals surface area contributed by atoms with Crippen LogP contribution in [0.15, 0.2) is 28.0 Å². The average Bonchev–Trinajstić information content (AvgIpc) is 3.10. The number of carbonyl (C=O) groups excluding carboxylic acids is 1. The van der Waals surface area contributed by atoms with Crippen LogP contribution in [0.5, 0.6) is 0 Å². The van der Waals surface area contributed by atoms with Gasteiger partial charge >= 0.3 is 5.82 Å². The Morgan fingerprint density at radius 1 is 1.48 bits per heavy atom. The molecule has 0 spiro atoms. The highest BCUT2D eigenvalue weighted by Crippen LogP contribution is 2.22. The summed E-state index contributed by atoms with van der Waals surface area (Å²) < 4.78 is 4.24. The molecule has 11 heteroatoms. The second kappa shape index (κ2) is 6.04. The summed E-state index contributed by atoms with van der Waals surface area (Å²) in [4.78, 5) is 29.1. The van der Waals surface area contributed by atoms with E-state index in [1.165, 1.54) is 11.8 Å². The maximum Gasteiger partial charge on any atom is 0.459 e. The Hall–Kier alpha value is -2.95. The minimum atomic E-state index is -0.791. The lowest BCUT2D eigenvalue weighted by atomic mass is 10.2. The molecule has 0 radical (unpaired) electrons. The summed E-state index contributed by atoms with van der Waals surface area (Å²) in [5.74, 6) is -1.43. The van der Waals surface area contributed by atoms with Crippen LogP contribution in [0.3, 0.4) is 0 Å². The number of H-pyrrole nitrogens is 1. The van der Waals surface area contributed by atoms with Crippen molar-refractivity contribution in [2.45, 2.75) is 12.1 Å². The number of hydrogen-bond donors (Lipinski definition) is 2. The first kappa shape index (κ1) is 15.0. The maximum atomic E-state index is 11.8. The van der Waals surface area contributed by atoms with Gasteiger partial charge in [0.2, 0.25) is 5.91 Å². The fraction of sp³-hybridized carbons (Fsp3) is 0.167. The lowest BCUT2D eigenvalue weighted by Gasteiger charge is -1.98. The summed E-state index contributed by atoms with van der Waals surface area (Å²) in [6.45, 7) is 1.97. The van der Waals surface area contributed by atoms with E-state index in [4.69, 9.17) is 0 Å². The molecule has 0 saturated carbocycles. The van der Waals surface area contributed by atoms with Gasteiger partial charge in [0.15, 0.2) is 10.3 Å². The van der Waals surface area contributed by atoms with Crippen LogP contribution in [0.2, 0.25) is 0 Å². The van der Waals surface area contributed by atoms with E-state index in [0.29, 0.717) is 5.16 Å². The fourth-order valence-electron chi connectivity index (χ4n) is 1.85. The molecule has 2 aromatic heterocycles. The second-order valence-electron chi connectivity index (χ2n) is 4.59. The van der Waals surface area contributed by atoms with E-state index >= 15 is 0 Å². The fourth-order valence-corrected chi connectivity index (χ4v) is 2.54. The molecule has 0 saturated heterocycles. The first-order valence-electron chi connectivity index (χ1n) is 6.39. The number of aryl methyl sites for hydroxylation is 1. The van der Waals surface area contributed by atoms with Gasteiger partial charge in [0.25, 0.3) is 5.82 Å². The van der Waals surface area contributed by atoms with Crippen molar-refractivity contribution >= 4 is 40.3 Å². The third-order valence-corrected chi connectivity index (χ3v) is 3.73. The number of amides is 1. The van der Waals surface area contributed by atoms with Crippen LogP contribution in [0.4, 0.5) is 11.6 Å². The zero-order valence-corrected chi connectivity index (χ0v) is 12.6. The Morgan fingerprint density at radius 3 is 3.09 bits per heavy atom. The van der Waals surface area contributed by atoms with Crippen molar-refractivity contribution in [1.82, 2.24) is 20.3 Å². The number of anilines is 1. The van der Waals surface area contributed by atoms with Crippen molar-refractivity contribution in [3.05, 3.63) is 33.9 Å². The van der Waals surface area contributed by atoms with Gasteiger partial charge in [-0.15, -0.1) is 4.63 Å². The molecule has 1 aromatic carbocycles. The van der Waals surface area contributed by atoms with E-state index < -0.39 is 16.6 Å². The number of rotatable bonds is 5. The number of nitrogens with zero attached hydrogens (tertiary/aromatic N) is 4. The average molecular weight is 334 g/mol. The summed E-state index contributed by atoms with van der Waals surface area (Å²) in [6, 6.07) is 5.79. The van der Waals surface area contributed by atoms with Crippen molar-refractivity contribution in [2.24, 2.45) is 0 Å². The molecule has 23 heavy (non-hydrogen) atoms. The molecule has 0 aliphatic rings. The summed E-state index contributed by atoms with van der Waals surface area (Å²) in [7, 11) is 0. The SMILES string of the molecule is Cc1ccc2nc(SCC(=O)Nc3nonc3[N+](=O)[O-])[nH]c2c1. The van der Waals surface area contributed by atoms with Gasteiger partial charge in [-0.05, 0) is 29.5 Å². The van der Waals surface area contributed by atoms with E-state index in [1.54, 1.807) is 0 Å². The Bertz CT molecular complexity index is 889. The van der Waals surface area contributed by atoms with E-state index in [-0.39, 0.29) is 11.6 Å². The van der Waals surface area contributed by atoms with E-state index in [1.807, 2.05) is 25.1 Å². The Labute approximate surface area is 132 Å². The topological polar surface area (TPSA) is 140 Å². The largest absolute Gasteiger partial charge is 0.459 e. The number of thioether (sulfide) groups is 1. The zero-order chi connectivity index (χ0) is 16.4. The van der Waals surface area contributed by atoms with Crippen LogP contribution in [0, 0.1) is 17.0 Å². The Balaban J connectivity index is 1.63. The molecule has 1 amide bonds. The Morgan fingerprint density at radius 2 is 2.30 bits per heavy atom. The summed E-state index contributed by atoms with van der Waals surface area (Å²) >= 11 is 1.17. The molecular weight excluding hydrogens is 324 g/mol. The molecule has 0 aliphatic carbocycles. The smallest absolute Gasteiger partial charge is 0.358 e. The number of aromatic nitrogens is 4. The number of fused-ring (bicyclic) bond motifs is 1. The standard InChI is InChI=1S/C12H10N6O4S/c1-6-2-3-7-8(4-6)14-12(13-7)23-5-9(19)15-10-11(18(20)21)17-22-16-10/h2-4H,5H2,1H3,(H,13,14)(H,15,16,19). The first-order chi connectivity index (χ1) is 11.0. The van der Waals surface area contributed by atoms with Crippen molar-refractivity contribution < 1.29 is 14.3 Å². The van der Waals surface area contributed by atoms with Crippen LogP contribution < -0.4 is 5.32 Å². The molecule has 0 aliphatic heterocycles. The molecular formula is C12H10N6O4S. The minimum absolute atomic E-state index is 0.00280. The number of nitro groups is 1. The molecule has 0 unspecified atom stereocenters. The summed E-state index contributed by atoms with van der Waals surface area (Å²) in [6.07, 6.45) is 0. The number of hydrogen-bond acceptors (Lipinski definition) is 8. The van der Waals surface area contributed by atoms with Crippen LogP contribution in [0.25, 0.3) is 11.0 Å². The van der Waals surface area contributed by atoms with Gasteiger partial charge in [-0.2, -0.15) is 0 Å². The van der Waals surface area contributed by atoms with Gasteiger partial charge in [-0.1, -0.05) is 17.8 Å². The monoisotopic (exact) mass is 334 g/mol. The predicted molar refractivity (Wildman–Crippen MR) is 81.1 cm³/mol. The highest BCUT2D eigenvalue weighted by molar-refractivity contribution is 7.99. The molecule has 118 valence electrons. The van der Waals surface area contributed by atoms with Crippen LogP contribution in [-0.2, 0) is 4.79 Å². The van der Waals surface area contributed by atoms with Crippen molar-refractivity contribution in [2.75, 3.05) is 11.1 Å². The highest BCUT2D eigenvalue weighted by Gasteiger charge is 2.23. The van der Waals surface area contributed by atoms with Gasteiger partial charge in [0.05, 0.1) is 16.8 Å². The number of carbonyl (C=O) groups is 1. The predicted octanol–water partition coefficient (Wildman–Crippen LogP) is 1.89. The van der Waals surface area contributed by atoms with E-state index in [9.17, 15) is 14.9 Å². The van der Waals surface area contributed by atoms with Gasteiger partial charge < -0.3 is 15.1 Å². The molecule has 3 rings (SSSR count). The van der Waals surface area contributed by atoms with Crippen LogP contribution in [0.1, 0.15) is 5.56 Å². The van der Waals surface area contributed by atoms with Gasteiger partial charge in [0.1, 0.15) is 0 Å². The lowest BCUT2D eigenvalue weighted by Crippen LogP contribution is -2.15. The normalized spacial score (nSPS) is 10.8. The number of aromatic amines is 1. The van der Waals surface area contributed by atoms with Gasteiger partial charge in [-0.3, -0.25) is 10.1 Å². The summed E-state index contributed by atoms with van der Waals surface area (Å²) in [5, 5.41) is 19.9. The molecule has 3 aromatic rings. The van der Waals surface area contributed by atoms with E-state index in [2.05, 4.69) is 30.2 Å². The van der Waals surface area contributed by atoms with Gasteiger partial charge in [-0.25, -0.2) is 4.98 Å². The maximum absolute atomic E-state index is 11.8.